The molecule has 1 fully saturated rings. The third-order valence-electron chi connectivity index (χ3n) is 4.24. The number of benzene rings is 2. The van der Waals surface area contributed by atoms with Crippen LogP contribution in [0.2, 0.25) is 0 Å². The largest absolute Gasteiger partial charge is 0.481 e. The second-order valence-corrected chi connectivity index (χ2v) is 6.52. The Morgan fingerprint density at radius 2 is 1.74 bits per heavy atom. The number of fused-ring (bicyclic) bond motifs is 1. The van der Waals surface area contributed by atoms with Crippen molar-refractivity contribution >= 4 is 44.4 Å². The molecule has 0 saturated carbocycles. The van der Waals surface area contributed by atoms with Gasteiger partial charge in [-0.25, -0.2) is 4.79 Å². The molecule has 0 aromatic heterocycles. The lowest BCUT2D eigenvalue weighted by molar-refractivity contribution is -0.143. The van der Waals surface area contributed by atoms with E-state index in [1.807, 2.05) is 36.4 Å². The third kappa shape index (κ3) is 3.32. The summed E-state index contributed by atoms with van der Waals surface area (Å²) in [5.41, 5.74) is 0.758. The van der Waals surface area contributed by atoms with E-state index in [0.29, 0.717) is 25.9 Å². The second kappa shape index (κ2) is 6.58. The Morgan fingerprint density at radius 1 is 1.09 bits per heavy atom. The molecule has 1 saturated heterocycles. The number of carbonyl (C=O) groups excluding carboxylic acids is 1. The summed E-state index contributed by atoms with van der Waals surface area (Å²) in [5, 5.41) is 14.0. The minimum Gasteiger partial charge on any atom is -0.481 e. The molecule has 2 aromatic rings. The Hall–Kier alpha value is -2.08. The molecular formula is C17H17BrN2O3. The van der Waals surface area contributed by atoms with Gasteiger partial charge >= 0.3 is 12.0 Å². The van der Waals surface area contributed by atoms with E-state index in [9.17, 15) is 9.59 Å². The lowest BCUT2D eigenvalue weighted by atomic mass is 9.97. The van der Waals surface area contributed by atoms with Gasteiger partial charge < -0.3 is 15.3 Å². The zero-order chi connectivity index (χ0) is 16.4. The fourth-order valence-corrected chi connectivity index (χ4v) is 3.37. The summed E-state index contributed by atoms with van der Waals surface area (Å²) in [6, 6.07) is 11.4. The van der Waals surface area contributed by atoms with Gasteiger partial charge in [-0.1, -0.05) is 40.2 Å². The number of carboxylic acid groups (broad SMARTS) is 1. The predicted molar refractivity (Wildman–Crippen MR) is 92.6 cm³/mol. The van der Waals surface area contributed by atoms with Gasteiger partial charge in [-0.3, -0.25) is 4.79 Å². The number of rotatable bonds is 2. The normalized spacial score (nSPS) is 15.6. The van der Waals surface area contributed by atoms with Gasteiger partial charge in [0, 0.05) is 22.9 Å². The van der Waals surface area contributed by atoms with Gasteiger partial charge in [0.1, 0.15) is 0 Å². The summed E-state index contributed by atoms with van der Waals surface area (Å²) < 4.78 is 0.980. The van der Waals surface area contributed by atoms with Crippen LogP contribution in [0.5, 0.6) is 0 Å². The SMILES string of the molecule is O=C(O)C1CCN(C(=O)Nc2ccc(Br)c3ccccc23)CC1. The van der Waals surface area contributed by atoms with Gasteiger partial charge in [-0.05, 0) is 30.4 Å². The first-order valence-corrected chi connectivity index (χ1v) is 8.31. The summed E-state index contributed by atoms with van der Waals surface area (Å²) in [5.74, 6) is -1.11. The Bertz CT molecular complexity index is 755. The number of anilines is 1. The molecule has 0 unspecified atom stereocenters. The molecule has 0 aliphatic carbocycles. The number of nitrogens with one attached hydrogen (secondary N) is 1. The van der Waals surface area contributed by atoms with E-state index >= 15 is 0 Å². The summed E-state index contributed by atoms with van der Waals surface area (Å²) >= 11 is 3.52. The Kier molecular flexibility index (Phi) is 4.52. The molecule has 3 rings (SSSR count). The fourth-order valence-electron chi connectivity index (χ4n) is 2.90. The zero-order valence-corrected chi connectivity index (χ0v) is 14.0. The molecule has 1 aliphatic heterocycles. The quantitative estimate of drug-likeness (QED) is 0.833. The lowest BCUT2D eigenvalue weighted by Crippen LogP contribution is -2.42. The van der Waals surface area contributed by atoms with Crippen LogP contribution in [-0.4, -0.2) is 35.1 Å². The summed E-state index contributed by atoms with van der Waals surface area (Å²) in [6.45, 7) is 0.939. The molecule has 1 aliphatic rings. The van der Waals surface area contributed by atoms with Crippen molar-refractivity contribution in [2.45, 2.75) is 12.8 Å². The van der Waals surface area contributed by atoms with Gasteiger partial charge in [-0.15, -0.1) is 0 Å². The number of halogens is 1. The summed E-state index contributed by atoms with van der Waals surface area (Å²) in [6.07, 6.45) is 1.01. The van der Waals surface area contributed by atoms with Crippen molar-refractivity contribution < 1.29 is 14.7 Å². The fraction of sp³-hybridized carbons (Fsp3) is 0.294. The minimum atomic E-state index is -0.774. The molecule has 1 heterocycles. The molecule has 0 atom stereocenters. The zero-order valence-electron chi connectivity index (χ0n) is 12.5. The van der Waals surface area contributed by atoms with Crippen molar-refractivity contribution in [3.05, 3.63) is 40.9 Å². The predicted octanol–water partition coefficient (Wildman–Crippen LogP) is 3.93. The highest BCUT2D eigenvalue weighted by molar-refractivity contribution is 9.10. The number of amides is 2. The van der Waals surface area contributed by atoms with Crippen molar-refractivity contribution in [3.8, 4) is 0 Å². The van der Waals surface area contributed by atoms with Gasteiger partial charge in [0.15, 0.2) is 0 Å². The van der Waals surface area contributed by atoms with Gasteiger partial charge in [0.25, 0.3) is 0 Å². The topological polar surface area (TPSA) is 69.6 Å². The van der Waals surface area contributed by atoms with Crippen LogP contribution < -0.4 is 5.32 Å². The van der Waals surface area contributed by atoms with E-state index in [1.165, 1.54) is 0 Å². The number of carboxylic acids is 1. The van der Waals surface area contributed by atoms with Crippen LogP contribution in [0.15, 0.2) is 40.9 Å². The average molecular weight is 377 g/mol. The average Bonchev–Trinajstić information content (AvgIpc) is 2.57. The molecule has 120 valence electrons. The van der Waals surface area contributed by atoms with Crippen LogP contribution in [0.25, 0.3) is 10.8 Å². The van der Waals surface area contributed by atoms with Gasteiger partial charge in [-0.2, -0.15) is 0 Å². The smallest absolute Gasteiger partial charge is 0.321 e. The Labute approximate surface area is 142 Å². The number of nitrogens with zero attached hydrogens (tertiary/aromatic N) is 1. The van der Waals surface area contributed by atoms with Crippen LogP contribution in [0.4, 0.5) is 10.5 Å². The Balaban J connectivity index is 1.74. The second-order valence-electron chi connectivity index (χ2n) is 5.67. The highest BCUT2D eigenvalue weighted by atomic mass is 79.9. The van der Waals surface area contributed by atoms with Crippen molar-refractivity contribution in [1.29, 1.82) is 0 Å². The number of hydrogen-bond acceptors (Lipinski definition) is 2. The van der Waals surface area contributed by atoms with E-state index < -0.39 is 5.97 Å². The van der Waals surface area contributed by atoms with Crippen molar-refractivity contribution in [2.75, 3.05) is 18.4 Å². The third-order valence-corrected chi connectivity index (χ3v) is 4.94. The number of carbonyl (C=O) groups is 2. The van der Waals surface area contributed by atoms with Crippen LogP contribution in [0, 0.1) is 5.92 Å². The van der Waals surface area contributed by atoms with Crippen LogP contribution >= 0.6 is 15.9 Å². The van der Waals surface area contributed by atoms with E-state index in [4.69, 9.17) is 5.11 Å². The molecule has 2 N–H and O–H groups in total. The molecule has 0 spiro atoms. The molecule has 0 bridgehead atoms. The van der Waals surface area contributed by atoms with E-state index in [-0.39, 0.29) is 11.9 Å². The minimum absolute atomic E-state index is 0.179. The maximum atomic E-state index is 12.4. The van der Waals surface area contributed by atoms with Gasteiger partial charge in [0.05, 0.1) is 11.6 Å². The number of hydrogen-bond donors (Lipinski definition) is 2. The van der Waals surface area contributed by atoms with E-state index in [1.54, 1.807) is 4.90 Å². The number of urea groups is 1. The maximum absolute atomic E-state index is 12.4. The standard InChI is InChI=1S/C17H17BrN2O3/c18-14-5-6-15(13-4-2-1-3-12(13)14)19-17(23)20-9-7-11(8-10-20)16(21)22/h1-6,11H,7-10H2,(H,19,23)(H,21,22). The highest BCUT2D eigenvalue weighted by Crippen LogP contribution is 2.30. The van der Waals surface area contributed by atoms with Gasteiger partial charge in [0.2, 0.25) is 0 Å². The summed E-state index contributed by atoms with van der Waals surface area (Å²) in [7, 11) is 0. The van der Waals surface area contributed by atoms with Crippen LogP contribution in [-0.2, 0) is 4.79 Å². The molecule has 0 radical (unpaired) electrons. The molecule has 2 amide bonds. The van der Waals surface area contributed by atoms with Crippen LogP contribution in [0.1, 0.15) is 12.8 Å². The summed E-state index contributed by atoms with van der Waals surface area (Å²) in [4.78, 5) is 25.1. The van der Waals surface area contributed by atoms with Crippen molar-refractivity contribution in [2.24, 2.45) is 5.92 Å². The molecule has 6 heteroatoms. The first-order valence-electron chi connectivity index (χ1n) is 7.52. The van der Waals surface area contributed by atoms with Crippen molar-refractivity contribution in [1.82, 2.24) is 4.90 Å². The maximum Gasteiger partial charge on any atom is 0.321 e. The molecule has 23 heavy (non-hydrogen) atoms. The molecule has 5 nitrogen and oxygen atoms in total. The van der Waals surface area contributed by atoms with Crippen molar-refractivity contribution in [3.63, 3.8) is 0 Å². The molecular weight excluding hydrogens is 360 g/mol. The number of piperidine rings is 1. The monoisotopic (exact) mass is 376 g/mol. The molecule has 2 aromatic carbocycles. The lowest BCUT2D eigenvalue weighted by Gasteiger charge is -2.30. The first kappa shape index (κ1) is 15.8. The number of aliphatic carboxylic acids is 1. The van der Waals surface area contributed by atoms with E-state index in [0.717, 1.165) is 20.9 Å². The highest BCUT2D eigenvalue weighted by Gasteiger charge is 2.27. The Morgan fingerprint density at radius 3 is 2.39 bits per heavy atom. The van der Waals surface area contributed by atoms with Crippen LogP contribution in [0.3, 0.4) is 0 Å². The van der Waals surface area contributed by atoms with E-state index in [2.05, 4.69) is 21.2 Å². The first-order chi connectivity index (χ1) is 11.1. The number of likely N-dealkylation sites (tertiary alicyclic amines) is 1.